The van der Waals surface area contributed by atoms with Crippen molar-refractivity contribution in [1.29, 1.82) is 0 Å². The molecule has 0 saturated carbocycles. The molecular formula is C6H11NOS. The van der Waals surface area contributed by atoms with Crippen molar-refractivity contribution in [3.05, 3.63) is 12.2 Å². The van der Waals surface area contributed by atoms with Gasteiger partial charge in [-0.05, 0) is 0 Å². The second-order valence-corrected chi connectivity index (χ2v) is 2.69. The maximum absolute atomic E-state index is 5.36. The summed E-state index contributed by atoms with van der Waals surface area (Å²) in [7, 11) is 0. The van der Waals surface area contributed by atoms with Crippen molar-refractivity contribution >= 4 is 12.6 Å². The highest BCUT2D eigenvalue weighted by molar-refractivity contribution is 7.81. The first kappa shape index (κ1) is 7.12. The molecule has 0 bridgehead atoms. The van der Waals surface area contributed by atoms with E-state index in [0.29, 0.717) is 13.2 Å². The Balaban J connectivity index is 2.33. The minimum Gasteiger partial charge on any atom is -0.369 e. The van der Waals surface area contributed by atoms with Gasteiger partial charge in [-0.2, -0.15) is 12.6 Å². The maximum atomic E-state index is 5.36. The molecule has 0 aromatic carbocycles. The Labute approximate surface area is 60.5 Å². The highest BCUT2D eigenvalue weighted by Gasteiger charge is 2.16. The van der Waals surface area contributed by atoms with Crippen LogP contribution in [-0.4, -0.2) is 24.5 Å². The Morgan fingerprint density at radius 3 is 3.11 bits per heavy atom. The van der Waals surface area contributed by atoms with Crippen LogP contribution < -0.4 is 5.73 Å². The average molecular weight is 145 g/mol. The predicted molar refractivity (Wildman–Crippen MR) is 40.7 cm³/mol. The van der Waals surface area contributed by atoms with Gasteiger partial charge in [-0.25, -0.2) is 0 Å². The standard InChI is InChI=1S/C6H11NOS/c7-4-6(9)5-2-1-3-8-5/h1-2,5-6,9H,3-4,7H2/t5-,6?/m0/s1. The zero-order chi connectivity index (χ0) is 6.69. The number of hydrogen-bond acceptors (Lipinski definition) is 3. The summed E-state index contributed by atoms with van der Waals surface area (Å²) in [5.41, 5.74) is 5.36. The summed E-state index contributed by atoms with van der Waals surface area (Å²) in [5.74, 6) is 0. The van der Waals surface area contributed by atoms with Gasteiger partial charge in [0.1, 0.15) is 0 Å². The van der Waals surface area contributed by atoms with Crippen LogP contribution in [-0.2, 0) is 4.74 Å². The molecule has 52 valence electrons. The molecule has 1 rings (SSSR count). The van der Waals surface area contributed by atoms with Crippen molar-refractivity contribution in [2.75, 3.05) is 13.2 Å². The molecule has 0 spiro atoms. The number of rotatable bonds is 2. The van der Waals surface area contributed by atoms with Gasteiger partial charge in [0, 0.05) is 11.8 Å². The Kier molecular flexibility index (Phi) is 2.57. The molecule has 0 aliphatic carbocycles. The third-order valence-corrected chi connectivity index (χ3v) is 1.84. The van der Waals surface area contributed by atoms with E-state index in [9.17, 15) is 0 Å². The van der Waals surface area contributed by atoms with Crippen molar-refractivity contribution in [2.24, 2.45) is 5.73 Å². The number of hydrogen-bond donors (Lipinski definition) is 2. The first-order valence-corrected chi connectivity index (χ1v) is 3.52. The van der Waals surface area contributed by atoms with Gasteiger partial charge < -0.3 is 10.5 Å². The average Bonchev–Trinajstić information content (AvgIpc) is 2.37. The monoisotopic (exact) mass is 145 g/mol. The van der Waals surface area contributed by atoms with Gasteiger partial charge in [0.2, 0.25) is 0 Å². The summed E-state index contributed by atoms with van der Waals surface area (Å²) in [4.78, 5) is 0. The van der Waals surface area contributed by atoms with Gasteiger partial charge in [0.05, 0.1) is 12.7 Å². The van der Waals surface area contributed by atoms with Gasteiger partial charge in [-0.1, -0.05) is 12.2 Å². The fourth-order valence-corrected chi connectivity index (χ4v) is 0.971. The third-order valence-electron chi connectivity index (χ3n) is 1.33. The molecule has 1 aliphatic heterocycles. The minimum atomic E-state index is 0.137. The van der Waals surface area contributed by atoms with Crippen molar-refractivity contribution in [2.45, 2.75) is 11.4 Å². The molecule has 0 fully saturated rings. The molecule has 0 saturated heterocycles. The quantitative estimate of drug-likeness (QED) is 0.430. The third kappa shape index (κ3) is 1.71. The van der Waals surface area contributed by atoms with E-state index in [2.05, 4.69) is 12.6 Å². The lowest BCUT2D eigenvalue weighted by Crippen LogP contribution is -2.27. The molecule has 0 radical (unpaired) electrons. The van der Waals surface area contributed by atoms with E-state index in [0.717, 1.165) is 0 Å². The maximum Gasteiger partial charge on any atom is 0.0889 e. The Hall–Kier alpha value is 0.01000. The Morgan fingerprint density at radius 2 is 2.67 bits per heavy atom. The summed E-state index contributed by atoms with van der Waals surface area (Å²) in [6.07, 6.45) is 4.13. The van der Waals surface area contributed by atoms with E-state index in [-0.39, 0.29) is 11.4 Å². The van der Waals surface area contributed by atoms with Crippen LogP contribution in [0, 0.1) is 0 Å². The summed E-state index contributed by atoms with van der Waals surface area (Å²) >= 11 is 4.22. The summed E-state index contributed by atoms with van der Waals surface area (Å²) in [5, 5.41) is 0.156. The molecule has 2 atom stereocenters. The van der Waals surface area contributed by atoms with Gasteiger partial charge in [0.25, 0.3) is 0 Å². The van der Waals surface area contributed by atoms with Crippen LogP contribution in [0.25, 0.3) is 0 Å². The van der Waals surface area contributed by atoms with Crippen molar-refractivity contribution in [1.82, 2.24) is 0 Å². The largest absolute Gasteiger partial charge is 0.369 e. The van der Waals surface area contributed by atoms with Crippen LogP contribution in [0.2, 0.25) is 0 Å². The van der Waals surface area contributed by atoms with Crippen molar-refractivity contribution < 1.29 is 4.74 Å². The Morgan fingerprint density at radius 1 is 1.89 bits per heavy atom. The summed E-state index contributed by atoms with van der Waals surface area (Å²) in [6.45, 7) is 1.28. The molecule has 1 aliphatic rings. The minimum absolute atomic E-state index is 0.137. The van der Waals surface area contributed by atoms with E-state index in [1.54, 1.807) is 0 Å². The molecule has 2 nitrogen and oxygen atoms in total. The van der Waals surface area contributed by atoms with Gasteiger partial charge in [-0.15, -0.1) is 0 Å². The van der Waals surface area contributed by atoms with Gasteiger partial charge >= 0.3 is 0 Å². The fraction of sp³-hybridized carbons (Fsp3) is 0.667. The molecular weight excluding hydrogens is 134 g/mol. The lowest BCUT2D eigenvalue weighted by molar-refractivity contribution is 0.128. The lowest BCUT2D eigenvalue weighted by atomic mass is 10.2. The number of nitrogens with two attached hydrogens (primary N) is 1. The molecule has 2 N–H and O–H groups in total. The Bertz CT molecular complexity index is 116. The highest BCUT2D eigenvalue weighted by Crippen LogP contribution is 2.11. The van der Waals surface area contributed by atoms with Gasteiger partial charge in [-0.3, -0.25) is 0 Å². The van der Waals surface area contributed by atoms with Crippen LogP contribution in [0.5, 0.6) is 0 Å². The first-order chi connectivity index (χ1) is 4.34. The van der Waals surface area contributed by atoms with Gasteiger partial charge in [0.15, 0.2) is 0 Å². The highest BCUT2D eigenvalue weighted by atomic mass is 32.1. The summed E-state index contributed by atoms with van der Waals surface area (Å²) < 4.78 is 5.24. The van der Waals surface area contributed by atoms with E-state index < -0.39 is 0 Å². The summed E-state index contributed by atoms with van der Waals surface area (Å²) in [6, 6.07) is 0. The topological polar surface area (TPSA) is 35.2 Å². The normalized spacial score (nSPS) is 28.9. The van der Waals surface area contributed by atoms with E-state index in [1.807, 2.05) is 12.2 Å². The lowest BCUT2D eigenvalue weighted by Gasteiger charge is -2.13. The fourth-order valence-electron chi connectivity index (χ4n) is 0.785. The van der Waals surface area contributed by atoms with Crippen LogP contribution in [0.4, 0.5) is 0 Å². The smallest absolute Gasteiger partial charge is 0.0889 e. The van der Waals surface area contributed by atoms with Crippen LogP contribution in [0.1, 0.15) is 0 Å². The van der Waals surface area contributed by atoms with E-state index in [4.69, 9.17) is 10.5 Å². The van der Waals surface area contributed by atoms with Crippen molar-refractivity contribution in [3.63, 3.8) is 0 Å². The number of ether oxygens (including phenoxy) is 1. The first-order valence-electron chi connectivity index (χ1n) is 3.01. The van der Waals surface area contributed by atoms with E-state index >= 15 is 0 Å². The molecule has 1 heterocycles. The molecule has 9 heavy (non-hydrogen) atoms. The van der Waals surface area contributed by atoms with Crippen LogP contribution in [0.15, 0.2) is 12.2 Å². The zero-order valence-corrected chi connectivity index (χ0v) is 6.05. The van der Waals surface area contributed by atoms with E-state index in [1.165, 1.54) is 0 Å². The second-order valence-electron chi connectivity index (χ2n) is 2.03. The SMILES string of the molecule is NCC(S)[C@@H]1C=CCO1. The second kappa shape index (κ2) is 3.25. The molecule has 3 heteroatoms. The molecule has 1 unspecified atom stereocenters. The van der Waals surface area contributed by atoms with Crippen LogP contribution in [0.3, 0.4) is 0 Å². The van der Waals surface area contributed by atoms with Crippen molar-refractivity contribution in [3.8, 4) is 0 Å². The van der Waals surface area contributed by atoms with Crippen LogP contribution >= 0.6 is 12.6 Å². The zero-order valence-electron chi connectivity index (χ0n) is 5.16. The molecule has 0 aromatic heterocycles. The molecule has 0 amide bonds. The number of thiol groups is 1. The molecule has 0 aromatic rings. The predicted octanol–water partition coefficient (Wildman–Crippen LogP) is 0.198.